The second-order valence-corrected chi connectivity index (χ2v) is 8.22. The molecule has 0 bridgehead atoms. The van der Waals surface area contributed by atoms with Gasteiger partial charge in [-0.25, -0.2) is 13.8 Å². The first-order chi connectivity index (χ1) is 14.0. The van der Waals surface area contributed by atoms with Crippen LogP contribution in [0.15, 0.2) is 42.6 Å². The maximum absolute atomic E-state index is 14.3. The second kappa shape index (κ2) is 8.37. The molecule has 1 aliphatic carbocycles. The van der Waals surface area contributed by atoms with Crippen molar-refractivity contribution in [3.05, 3.63) is 70.4 Å². The van der Waals surface area contributed by atoms with Crippen LogP contribution in [-0.2, 0) is 6.54 Å². The lowest BCUT2D eigenvalue weighted by molar-refractivity contribution is 0.0664. The summed E-state index contributed by atoms with van der Waals surface area (Å²) in [4.78, 5) is 24.4. The van der Waals surface area contributed by atoms with Crippen molar-refractivity contribution < 1.29 is 13.6 Å². The average Bonchev–Trinajstić information content (AvgIpc) is 3.38. The predicted molar refractivity (Wildman–Crippen MR) is 109 cm³/mol. The molecule has 7 heteroatoms. The molecule has 0 unspecified atom stereocenters. The summed E-state index contributed by atoms with van der Waals surface area (Å²) in [6.45, 7) is 1.70. The molecule has 2 heterocycles. The van der Waals surface area contributed by atoms with E-state index in [2.05, 4.69) is 9.97 Å². The second-order valence-electron chi connectivity index (χ2n) is 7.22. The van der Waals surface area contributed by atoms with Gasteiger partial charge in [0.1, 0.15) is 21.5 Å². The van der Waals surface area contributed by atoms with Gasteiger partial charge in [-0.3, -0.25) is 9.78 Å². The fraction of sp³-hybridized carbons (Fsp3) is 0.318. The van der Waals surface area contributed by atoms with E-state index in [9.17, 15) is 13.6 Å². The van der Waals surface area contributed by atoms with Crippen molar-refractivity contribution in [2.24, 2.45) is 0 Å². The van der Waals surface area contributed by atoms with Gasteiger partial charge < -0.3 is 4.90 Å². The van der Waals surface area contributed by atoms with E-state index in [1.54, 1.807) is 18.0 Å². The Bertz CT molecular complexity index is 996. The van der Waals surface area contributed by atoms with E-state index in [4.69, 9.17) is 0 Å². The monoisotopic (exact) mass is 413 g/mol. The number of aromatic nitrogens is 2. The number of halogens is 2. The zero-order chi connectivity index (χ0) is 20.4. The van der Waals surface area contributed by atoms with E-state index in [1.165, 1.54) is 29.5 Å². The van der Waals surface area contributed by atoms with Crippen molar-refractivity contribution in [2.45, 2.75) is 45.2 Å². The molecule has 0 radical (unpaired) electrons. The lowest BCUT2D eigenvalue weighted by Gasteiger charge is -2.29. The van der Waals surface area contributed by atoms with E-state index in [-0.39, 0.29) is 24.1 Å². The number of pyridine rings is 1. The van der Waals surface area contributed by atoms with Crippen LogP contribution in [0.2, 0.25) is 0 Å². The molecule has 2 aromatic heterocycles. The lowest BCUT2D eigenvalue weighted by atomic mass is 10.1. The molecule has 3 aromatic rings. The molecule has 1 fully saturated rings. The van der Waals surface area contributed by atoms with Gasteiger partial charge in [0.2, 0.25) is 0 Å². The first-order valence-electron chi connectivity index (χ1n) is 9.67. The number of carbonyl (C=O) groups excluding carboxylic acids is 1. The normalized spacial score (nSPS) is 14.3. The van der Waals surface area contributed by atoms with Gasteiger partial charge in [-0.1, -0.05) is 25.0 Å². The van der Waals surface area contributed by atoms with Crippen LogP contribution in [0, 0.1) is 18.6 Å². The Morgan fingerprint density at radius 1 is 1.14 bits per heavy atom. The number of aryl methyl sites for hydroxylation is 1. The van der Waals surface area contributed by atoms with Crippen LogP contribution in [0.4, 0.5) is 8.78 Å². The van der Waals surface area contributed by atoms with Crippen LogP contribution < -0.4 is 0 Å². The zero-order valence-electron chi connectivity index (χ0n) is 16.1. The summed E-state index contributed by atoms with van der Waals surface area (Å²) in [5.74, 6) is -1.48. The van der Waals surface area contributed by atoms with E-state index in [0.717, 1.165) is 25.7 Å². The minimum absolute atomic E-state index is 0.0266. The average molecular weight is 413 g/mol. The number of carbonyl (C=O) groups is 1. The molecule has 1 amide bonds. The summed E-state index contributed by atoms with van der Waals surface area (Å²) in [7, 11) is 0. The fourth-order valence-corrected chi connectivity index (χ4v) is 4.76. The Kier molecular flexibility index (Phi) is 5.67. The van der Waals surface area contributed by atoms with Crippen molar-refractivity contribution in [3.8, 4) is 10.7 Å². The number of hydrogen-bond donors (Lipinski definition) is 0. The molecule has 0 spiro atoms. The van der Waals surface area contributed by atoms with E-state index < -0.39 is 11.6 Å². The molecule has 1 aromatic carbocycles. The maximum Gasteiger partial charge on any atom is 0.266 e. The number of benzene rings is 1. The molecule has 0 aliphatic heterocycles. The van der Waals surface area contributed by atoms with Crippen molar-refractivity contribution in [2.75, 3.05) is 0 Å². The Balaban J connectivity index is 1.68. The Morgan fingerprint density at radius 2 is 1.86 bits per heavy atom. The number of amides is 1. The summed E-state index contributed by atoms with van der Waals surface area (Å²) in [5.41, 5.74) is 1.24. The highest BCUT2D eigenvalue weighted by atomic mass is 32.1. The van der Waals surface area contributed by atoms with E-state index in [1.807, 2.05) is 18.2 Å². The van der Waals surface area contributed by atoms with Crippen LogP contribution in [0.3, 0.4) is 0 Å². The van der Waals surface area contributed by atoms with Crippen LogP contribution in [0.25, 0.3) is 10.7 Å². The fourth-order valence-electron chi connectivity index (χ4n) is 3.76. The minimum Gasteiger partial charge on any atom is -0.330 e. The van der Waals surface area contributed by atoms with Gasteiger partial charge in [0.15, 0.2) is 0 Å². The van der Waals surface area contributed by atoms with E-state index in [0.29, 0.717) is 21.3 Å². The first-order valence-corrected chi connectivity index (χ1v) is 10.5. The highest BCUT2D eigenvalue weighted by Gasteiger charge is 2.31. The highest BCUT2D eigenvalue weighted by Crippen LogP contribution is 2.32. The van der Waals surface area contributed by atoms with Gasteiger partial charge in [-0.05, 0) is 44.0 Å². The van der Waals surface area contributed by atoms with Gasteiger partial charge in [0, 0.05) is 17.8 Å². The first kappa shape index (κ1) is 19.6. The molecular weight excluding hydrogens is 392 g/mol. The molecule has 4 rings (SSSR count). The topological polar surface area (TPSA) is 46.1 Å². The van der Waals surface area contributed by atoms with Gasteiger partial charge in [0.05, 0.1) is 17.9 Å². The summed E-state index contributed by atoms with van der Waals surface area (Å²) in [6, 6.07) is 9.30. The Hall–Kier alpha value is -2.67. The SMILES string of the molecule is Cc1nc(-c2ccccn2)sc1C(=O)N(Cc1c(F)cccc1F)C1CCCC1. The number of nitrogens with zero attached hydrogens (tertiary/aromatic N) is 3. The van der Waals surface area contributed by atoms with Crippen LogP contribution in [0.1, 0.15) is 46.6 Å². The highest BCUT2D eigenvalue weighted by molar-refractivity contribution is 7.17. The quantitative estimate of drug-likeness (QED) is 0.564. The maximum atomic E-state index is 14.3. The Morgan fingerprint density at radius 3 is 2.52 bits per heavy atom. The van der Waals surface area contributed by atoms with Crippen molar-refractivity contribution in [1.29, 1.82) is 0 Å². The third-order valence-electron chi connectivity index (χ3n) is 5.29. The van der Waals surface area contributed by atoms with Crippen molar-refractivity contribution in [3.63, 3.8) is 0 Å². The molecule has 29 heavy (non-hydrogen) atoms. The molecule has 1 saturated carbocycles. The standard InChI is InChI=1S/C22H21F2N3OS/c1-14-20(29-21(26-14)19-11-4-5-12-25-19)22(28)27(15-7-2-3-8-15)13-16-17(23)9-6-10-18(16)24/h4-6,9-12,15H,2-3,7-8,13H2,1H3. The summed E-state index contributed by atoms with van der Waals surface area (Å²) in [5, 5.41) is 0.662. The van der Waals surface area contributed by atoms with Crippen LogP contribution >= 0.6 is 11.3 Å². The van der Waals surface area contributed by atoms with Crippen LogP contribution in [0.5, 0.6) is 0 Å². The van der Waals surface area contributed by atoms with Gasteiger partial charge in [0.25, 0.3) is 5.91 Å². The van der Waals surface area contributed by atoms with Gasteiger partial charge in [-0.15, -0.1) is 11.3 Å². The minimum atomic E-state index is -0.629. The molecule has 0 saturated heterocycles. The number of rotatable bonds is 5. The third-order valence-corrected chi connectivity index (χ3v) is 6.46. The summed E-state index contributed by atoms with van der Waals surface area (Å²) < 4.78 is 28.5. The predicted octanol–water partition coefficient (Wildman–Crippen LogP) is 5.38. The zero-order valence-corrected chi connectivity index (χ0v) is 16.9. The third kappa shape index (κ3) is 4.05. The van der Waals surface area contributed by atoms with Gasteiger partial charge >= 0.3 is 0 Å². The molecule has 150 valence electrons. The van der Waals surface area contributed by atoms with Gasteiger partial charge in [-0.2, -0.15) is 0 Å². The van der Waals surface area contributed by atoms with E-state index >= 15 is 0 Å². The number of hydrogen-bond acceptors (Lipinski definition) is 4. The smallest absolute Gasteiger partial charge is 0.266 e. The summed E-state index contributed by atoms with van der Waals surface area (Å²) >= 11 is 1.27. The van der Waals surface area contributed by atoms with Crippen molar-refractivity contribution in [1.82, 2.24) is 14.9 Å². The lowest BCUT2D eigenvalue weighted by Crippen LogP contribution is -2.38. The molecular formula is C22H21F2N3OS. The Labute approximate surface area is 172 Å². The number of thiazole rings is 1. The summed E-state index contributed by atoms with van der Waals surface area (Å²) in [6.07, 6.45) is 5.38. The largest absolute Gasteiger partial charge is 0.330 e. The molecule has 4 nitrogen and oxygen atoms in total. The molecule has 1 aliphatic rings. The molecule has 0 N–H and O–H groups in total. The molecule has 0 atom stereocenters. The van der Waals surface area contributed by atoms with Crippen molar-refractivity contribution >= 4 is 17.2 Å². The van der Waals surface area contributed by atoms with Crippen LogP contribution in [-0.4, -0.2) is 26.8 Å².